The number of rotatable bonds is 5. The minimum Gasteiger partial charge on any atom is -0.424 e. The van der Waals surface area contributed by atoms with E-state index < -0.39 is 0 Å². The Kier molecular flexibility index (Phi) is 4.21. The molecule has 124 valence electrons. The van der Waals surface area contributed by atoms with Crippen molar-refractivity contribution in [3.63, 3.8) is 0 Å². The fourth-order valence-corrected chi connectivity index (χ4v) is 3.23. The molecule has 0 saturated heterocycles. The van der Waals surface area contributed by atoms with Crippen LogP contribution in [-0.2, 0) is 17.6 Å². The summed E-state index contributed by atoms with van der Waals surface area (Å²) in [6.07, 6.45) is 1.25. The van der Waals surface area contributed by atoms with Crippen molar-refractivity contribution in [2.75, 3.05) is 11.9 Å². The van der Waals surface area contributed by atoms with Crippen molar-refractivity contribution in [2.45, 2.75) is 12.8 Å². The quantitative estimate of drug-likeness (QED) is 0.554. The van der Waals surface area contributed by atoms with Crippen LogP contribution in [0.4, 0.5) is 5.69 Å². The zero-order valence-electron chi connectivity index (χ0n) is 13.9. The Labute approximate surface area is 147 Å². The topological polar surface area (TPSA) is 38.3 Å². The Morgan fingerprint density at radius 1 is 0.880 bits per heavy atom. The predicted octanol–water partition coefficient (Wildman–Crippen LogP) is 4.47. The maximum Gasteiger partial charge on any atom is 0.315 e. The monoisotopic (exact) mass is 329 g/mol. The van der Waals surface area contributed by atoms with Crippen molar-refractivity contribution in [2.24, 2.45) is 0 Å². The van der Waals surface area contributed by atoms with Crippen LogP contribution in [0.5, 0.6) is 5.75 Å². The van der Waals surface area contributed by atoms with Crippen molar-refractivity contribution < 1.29 is 9.53 Å². The summed E-state index contributed by atoms with van der Waals surface area (Å²) < 4.78 is 5.50. The zero-order valence-corrected chi connectivity index (χ0v) is 13.9. The van der Waals surface area contributed by atoms with E-state index in [1.807, 2.05) is 42.5 Å². The number of anilines is 1. The van der Waals surface area contributed by atoms with Gasteiger partial charge in [0, 0.05) is 12.1 Å². The van der Waals surface area contributed by atoms with Crippen LogP contribution in [0.1, 0.15) is 11.1 Å². The fraction of sp³-hybridized carbons (Fsp3) is 0.136. The van der Waals surface area contributed by atoms with Crippen LogP contribution in [0, 0.1) is 0 Å². The van der Waals surface area contributed by atoms with Crippen molar-refractivity contribution >= 4 is 11.7 Å². The molecule has 3 heteroatoms. The fourth-order valence-electron chi connectivity index (χ4n) is 3.23. The molecule has 1 heterocycles. The number of esters is 1. The van der Waals surface area contributed by atoms with E-state index in [0.29, 0.717) is 12.2 Å². The van der Waals surface area contributed by atoms with E-state index >= 15 is 0 Å². The van der Waals surface area contributed by atoms with E-state index in [4.69, 9.17) is 4.74 Å². The highest BCUT2D eigenvalue weighted by atomic mass is 16.5. The zero-order chi connectivity index (χ0) is 17.1. The first kappa shape index (κ1) is 15.5. The Morgan fingerprint density at radius 2 is 1.60 bits per heavy atom. The molecule has 0 aromatic heterocycles. The van der Waals surface area contributed by atoms with Crippen LogP contribution in [0.15, 0.2) is 72.8 Å². The van der Waals surface area contributed by atoms with Crippen LogP contribution in [-0.4, -0.2) is 12.5 Å². The summed E-state index contributed by atoms with van der Waals surface area (Å²) in [5, 5.41) is 3.42. The molecule has 4 rings (SSSR count). The van der Waals surface area contributed by atoms with Crippen molar-refractivity contribution in [3.8, 4) is 16.9 Å². The summed E-state index contributed by atoms with van der Waals surface area (Å²) >= 11 is 0. The van der Waals surface area contributed by atoms with Gasteiger partial charge in [-0.25, -0.2) is 0 Å². The summed E-state index contributed by atoms with van der Waals surface area (Å²) in [4.78, 5) is 11.9. The lowest BCUT2D eigenvalue weighted by Gasteiger charge is -2.13. The third kappa shape index (κ3) is 3.26. The molecule has 1 aliphatic heterocycles. The van der Waals surface area contributed by atoms with Crippen LogP contribution in [0.3, 0.4) is 0 Å². The summed E-state index contributed by atoms with van der Waals surface area (Å²) in [7, 11) is 0. The van der Waals surface area contributed by atoms with Gasteiger partial charge in [0.25, 0.3) is 0 Å². The second-order valence-corrected chi connectivity index (χ2v) is 6.15. The molecule has 0 bridgehead atoms. The van der Waals surface area contributed by atoms with Gasteiger partial charge >= 0.3 is 5.97 Å². The van der Waals surface area contributed by atoms with E-state index in [1.165, 1.54) is 5.56 Å². The van der Waals surface area contributed by atoms with Gasteiger partial charge in [-0.1, -0.05) is 66.7 Å². The number of benzene rings is 3. The third-order valence-electron chi connectivity index (χ3n) is 4.45. The molecular formula is C22H19NO2. The molecule has 0 unspecified atom stereocenters. The molecule has 0 radical (unpaired) electrons. The Morgan fingerprint density at radius 3 is 2.36 bits per heavy atom. The highest BCUT2D eigenvalue weighted by Crippen LogP contribution is 2.40. The average Bonchev–Trinajstić information content (AvgIpc) is 3.05. The number of fused-ring (bicyclic) bond motifs is 1. The number of ether oxygens (including phenoxy) is 1. The van der Waals surface area contributed by atoms with Crippen molar-refractivity contribution in [3.05, 3.63) is 83.9 Å². The summed E-state index contributed by atoms with van der Waals surface area (Å²) in [6, 6.07) is 24.5. The van der Waals surface area contributed by atoms with Crippen LogP contribution in [0.2, 0.25) is 0 Å². The van der Waals surface area contributed by atoms with Gasteiger partial charge in [0.05, 0.1) is 12.1 Å². The molecule has 0 aliphatic carbocycles. The van der Waals surface area contributed by atoms with Gasteiger partial charge in [-0.2, -0.15) is 0 Å². The van der Waals surface area contributed by atoms with E-state index in [0.717, 1.165) is 35.3 Å². The molecule has 0 saturated carbocycles. The summed E-state index contributed by atoms with van der Waals surface area (Å²) in [5.41, 5.74) is 5.31. The largest absolute Gasteiger partial charge is 0.424 e. The molecule has 25 heavy (non-hydrogen) atoms. The van der Waals surface area contributed by atoms with Gasteiger partial charge in [0.15, 0.2) is 5.75 Å². The standard InChI is InChI=1S/C22H19NO2/c24-21-15-19-18(17-9-5-2-6-10-17)11-12-20(22(19)25-21)23-14-13-16-7-3-1-4-8-16/h1-12,23H,13-15H2. The lowest BCUT2D eigenvalue weighted by molar-refractivity contribution is -0.131. The highest BCUT2D eigenvalue weighted by Gasteiger charge is 2.26. The van der Waals surface area contributed by atoms with Gasteiger partial charge in [0.1, 0.15) is 0 Å². The molecular weight excluding hydrogens is 310 g/mol. The van der Waals surface area contributed by atoms with Crippen LogP contribution in [0.25, 0.3) is 11.1 Å². The molecule has 1 N–H and O–H groups in total. The molecule has 1 aliphatic rings. The first-order valence-corrected chi connectivity index (χ1v) is 8.51. The third-order valence-corrected chi connectivity index (χ3v) is 4.45. The van der Waals surface area contributed by atoms with Crippen molar-refractivity contribution in [1.29, 1.82) is 0 Å². The van der Waals surface area contributed by atoms with Gasteiger partial charge in [0.2, 0.25) is 0 Å². The SMILES string of the molecule is O=C1Cc2c(-c3ccccc3)ccc(NCCc3ccccc3)c2O1. The summed E-state index contributed by atoms with van der Waals surface area (Å²) in [6.45, 7) is 0.790. The van der Waals surface area contributed by atoms with E-state index in [2.05, 4.69) is 35.6 Å². The minimum absolute atomic E-state index is 0.190. The Bertz CT molecular complexity index is 889. The Balaban J connectivity index is 1.58. The first-order valence-electron chi connectivity index (χ1n) is 8.51. The molecule has 0 fully saturated rings. The molecule has 0 spiro atoms. The second kappa shape index (κ2) is 6.81. The molecule has 3 aromatic carbocycles. The lowest BCUT2D eigenvalue weighted by atomic mass is 9.97. The van der Waals surface area contributed by atoms with Gasteiger partial charge in [-0.05, 0) is 29.2 Å². The number of hydrogen-bond acceptors (Lipinski definition) is 3. The Hall–Kier alpha value is -3.07. The minimum atomic E-state index is -0.190. The van der Waals surface area contributed by atoms with Gasteiger partial charge in [-0.15, -0.1) is 0 Å². The van der Waals surface area contributed by atoms with Crippen LogP contribution >= 0.6 is 0 Å². The normalized spacial score (nSPS) is 12.6. The summed E-state index contributed by atoms with van der Waals surface area (Å²) in [5.74, 6) is 0.490. The molecule has 3 nitrogen and oxygen atoms in total. The molecule has 0 amide bonds. The maximum absolute atomic E-state index is 11.9. The second-order valence-electron chi connectivity index (χ2n) is 6.15. The van der Waals surface area contributed by atoms with E-state index in [9.17, 15) is 4.79 Å². The molecule has 0 atom stereocenters. The lowest BCUT2D eigenvalue weighted by Crippen LogP contribution is -2.06. The maximum atomic E-state index is 11.9. The van der Waals surface area contributed by atoms with E-state index in [1.54, 1.807) is 0 Å². The van der Waals surface area contributed by atoms with Crippen molar-refractivity contribution in [1.82, 2.24) is 0 Å². The average molecular weight is 329 g/mol. The van der Waals surface area contributed by atoms with Gasteiger partial charge in [-0.3, -0.25) is 4.79 Å². The first-order chi connectivity index (χ1) is 12.3. The molecule has 3 aromatic rings. The number of carbonyl (C=O) groups is 1. The number of carbonyl (C=O) groups excluding carboxylic acids is 1. The van der Waals surface area contributed by atoms with Crippen LogP contribution < -0.4 is 10.1 Å². The predicted molar refractivity (Wildman–Crippen MR) is 99.9 cm³/mol. The van der Waals surface area contributed by atoms with Gasteiger partial charge < -0.3 is 10.1 Å². The van der Waals surface area contributed by atoms with E-state index in [-0.39, 0.29) is 5.97 Å². The number of nitrogens with one attached hydrogen (secondary N) is 1. The number of hydrogen-bond donors (Lipinski definition) is 1. The smallest absolute Gasteiger partial charge is 0.315 e. The highest BCUT2D eigenvalue weighted by molar-refractivity contribution is 5.90.